The molecule has 128 valence electrons. The Labute approximate surface area is 140 Å². The van der Waals surface area contributed by atoms with E-state index < -0.39 is 0 Å². The highest BCUT2D eigenvalue weighted by Crippen LogP contribution is 2.27. The summed E-state index contributed by atoms with van der Waals surface area (Å²) in [4.78, 5) is 14.4. The van der Waals surface area contributed by atoms with Crippen molar-refractivity contribution in [2.24, 2.45) is 0 Å². The number of ether oxygens (including phenoxy) is 1. The van der Waals surface area contributed by atoms with E-state index in [0.717, 1.165) is 24.2 Å². The second kappa shape index (κ2) is 8.80. The standard InChI is InChI=1S/C19H30N2O2/c1-4-6-7-8-12-17-16(5-2)20-19(22)21(17)14-15-11-9-10-13-18(15)23-3/h9-11,13,16-17H,4-8,12,14H2,1-3H3,(H,20,22)/t16-,17+/m1/s1. The number of nitrogens with one attached hydrogen (secondary N) is 1. The molecule has 1 fully saturated rings. The summed E-state index contributed by atoms with van der Waals surface area (Å²) >= 11 is 0. The van der Waals surface area contributed by atoms with E-state index in [1.54, 1.807) is 7.11 Å². The summed E-state index contributed by atoms with van der Waals surface area (Å²) in [5.41, 5.74) is 1.07. The van der Waals surface area contributed by atoms with Gasteiger partial charge in [-0.1, -0.05) is 57.7 Å². The number of hydrogen-bond donors (Lipinski definition) is 1. The minimum absolute atomic E-state index is 0.0586. The first-order chi connectivity index (χ1) is 11.2. The van der Waals surface area contributed by atoms with Crippen molar-refractivity contribution < 1.29 is 9.53 Å². The van der Waals surface area contributed by atoms with Gasteiger partial charge in [0.25, 0.3) is 0 Å². The first-order valence-corrected chi connectivity index (χ1v) is 8.90. The average molecular weight is 318 g/mol. The van der Waals surface area contributed by atoms with Gasteiger partial charge in [0, 0.05) is 5.56 Å². The second-order valence-corrected chi connectivity index (χ2v) is 6.32. The topological polar surface area (TPSA) is 41.6 Å². The number of methoxy groups -OCH3 is 1. The predicted octanol–water partition coefficient (Wildman–Crippen LogP) is 4.34. The summed E-state index contributed by atoms with van der Waals surface area (Å²) < 4.78 is 5.43. The Morgan fingerprint density at radius 3 is 2.65 bits per heavy atom. The lowest BCUT2D eigenvalue weighted by molar-refractivity contribution is 0.192. The smallest absolute Gasteiger partial charge is 0.318 e. The van der Waals surface area contributed by atoms with E-state index in [0.29, 0.717) is 6.54 Å². The number of carbonyl (C=O) groups is 1. The lowest BCUT2D eigenvalue weighted by Crippen LogP contribution is -2.36. The molecule has 0 saturated carbocycles. The van der Waals surface area contributed by atoms with Crippen LogP contribution in [0.25, 0.3) is 0 Å². The van der Waals surface area contributed by atoms with Crippen molar-refractivity contribution in [3.63, 3.8) is 0 Å². The molecule has 1 aromatic rings. The Balaban J connectivity index is 2.08. The van der Waals surface area contributed by atoms with Gasteiger partial charge in [-0.15, -0.1) is 0 Å². The van der Waals surface area contributed by atoms with Gasteiger partial charge in [0.1, 0.15) is 5.75 Å². The summed E-state index contributed by atoms with van der Waals surface area (Å²) in [5.74, 6) is 0.852. The molecule has 0 spiro atoms. The number of rotatable bonds is 9. The minimum Gasteiger partial charge on any atom is -0.496 e. The molecule has 1 heterocycles. The number of benzene rings is 1. The van der Waals surface area contributed by atoms with Gasteiger partial charge in [-0.25, -0.2) is 4.79 Å². The molecule has 1 aliphatic rings. The van der Waals surface area contributed by atoms with Crippen LogP contribution in [0.5, 0.6) is 5.75 Å². The van der Waals surface area contributed by atoms with Crippen LogP contribution in [0.3, 0.4) is 0 Å². The molecule has 0 aromatic heterocycles. The number of para-hydroxylation sites is 1. The van der Waals surface area contributed by atoms with E-state index in [2.05, 4.69) is 19.2 Å². The molecule has 2 rings (SSSR count). The van der Waals surface area contributed by atoms with Crippen molar-refractivity contribution in [2.45, 2.75) is 71.0 Å². The molecule has 0 bridgehead atoms. The Morgan fingerprint density at radius 1 is 1.17 bits per heavy atom. The predicted molar refractivity (Wildman–Crippen MR) is 93.7 cm³/mol. The van der Waals surface area contributed by atoms with Gasteiger partial charge < -0.3 is 15.0 Å². The first kappa shape index (κ1) is 17.6. The third kappa shape index (κ3) is 4.40. The summed E-state index contributed by atoms with van der Waals surface area (Å²) in [6, 6.07) is 8.57. The Morgan fingerprint density at radius 2 is 1.96 bits per heavy atom. The number of carbonyl (C=O) groups excluding carboxylic acids is 1. The fourth-order valence-corrected chi connectivity index (χ4v) is 3.42. The van der Waals surface area contributed by atoms with Crippen LogP contribution in [-0.4, -0.2) is 30.1 Å². The second-order valence-electron chi connectivity index (χ2n) is 6.32. The van der Waals surface area contributed by atoms with Crippen molar-refractivity contribution in [1.29, 1.82) is 0 Å². The Hall–Kier alpha value is -1.71. The molecule has 2 atom stereocenters. The minimum atomic E-state index is 0.0586. The zero-order valence-electron chi connectivity index (χ0n) is 14.7. The average Bonchev–Trinajstić information content (AvgIpc) is 2.87. The number of unbranched alkanes of at least 4 members (excludes halogenated alkanes) is 3. The molecule has 0 radical (unpaired) electrons. The van der Waals surface area contributed by atoms with Crippen LogP contribution in [0.2, 0.25) is 0 Å². The molecule has 1 saturated heterocycles. The Kier molecular flexibility index (Phi) is 6.75. The quantitative estimate of drug-likeness (QED) is 0.688. The molecule has 23 heavy (non-hydrogen) atoms. The summed E-state index contributed by atoms with van der Waals surface area (Å²) in [7, 11) is 1.68. The van der Waals surface area contributed by atoms with Crippen LogP contribution in [-0.2, 0) is 6.54 Å². The fourth-order valence-electron chi connectivity index (χ4n) is 3.42. The summed E-state index contributed by atoms with van der Waals surface area (Å²) in [6.07, 6.45) is 7.01. The third-order valence-corrected chi connectivity index (χ3v) is 4.76. The largest absolute Gasteiger partial charge is 0.496 e. The highest BCUT2D eigenvalue weighted by molar-refractivity contribution is 5.77. The van der Waals surface area contributed by atoms with Crippen molar-refractivity contribution in [2.75, 3.05) is 7.11 Å². The molecule has 4 heteroatoms. The monoisotopic (exact) mass is 318 g/mol. The van der Waals surface area contributed by atoms with Gasteiger partial charge in [0.15, 0.2) is 0 Å². The highest BCUT2D eigenvalue weighted by atomic mass is 16.5. The number of nitrogens with zero attached hydrogens (tertiary/aromatic N) is 1. The van der Waals surface area contributed by atoms with Crippen molar-refractivity contribution >= 4 is 6.03 Å². The van der Waals surface area contributed by atoms with Gasteiger partial charge in [-0.2, -0.15) is 0 Å². The number of urea groups is 1. The van der Waals surface area contributed by atoms with Crippen LogP contribution in [0.15, 0.2) is 24.3 Å². The van der Waals surface area contributed by atoms with Crippen molar-refractivity contribution in [3.05, 3.63) is 29.8 Å². The zero-order valence-corrected chi connectivity index (χ0v) is 14.7. The van der Waals surface area contributed by atoms with E-state index in [4.69, 9.17) is 4.74 Å². The van der Waals surface area contributed by atoms with Gasteiger partial charge in [-0.05, 0) is 18.9 Å². The molecule has 2 amide bonds. The van der Waals surface area contributed by atoms with Gasteiger partial charge >= 0.3 is 6.03 Å². The molecule has 1 aromatic carbocycles. The van der Waals surface area contributed by atoms with Crippen molar-refractivity contribution in [3.8, 4) is 5.75 Å². The van der Waals surface area contributed by atoms with E-state index in [1.165, 1.54) is 25.7 Å². The van der Waals surface area contributed by atoms with Crippen LogP contribution in [0.4, 0.5) is 4.79 Å². The van der Waals surface area contributed by atoms with E-state index in [9.17, 15) is 4.79 Å². The molecule has 0 unspecified atom stereocenters. The van der Waals surface area contributed by atoms with Gasteiger partial charge in [-0.3, -0.25) is 0 Å². The molecular weight excluding hydrogens is 288 g/mol. The van der Waals surface area contributed by atoms with Crippen LogP contribution < -0.4 is 10.1 Å². The maximum atomic E-state index is 12.4. The number of hydrogen-bond acceptors (Lipinski definition) is 2. The summed E-state index contributed by atoms with van der Waals surface area (Å²) in [6.45, 7) is 4.99. The van der Waals surface area contributed by atoms with E-state index >= 15 is 0 Å². The maximum Gasteiger partial charge on any atom is 0.318 e. The lowest BCUT2D eigenvalue weighted by Gasteiger charge is -2.27. The SMILES string of the molecule is CCCCCC[C@H]1[C@@H](CC)NC(=O)N1Cc1ccccc1OC. The maximum absolute atomic E-state index is 12.4. The number of amides is 2. The molecule has 4 nitrogen and oxygen atoms in total. The zero-order chi connectivity index (χ0) is 16.7. The third-order valence-electron chi connectivity index (χ3n) is 4.76. The van der Waals surface area contributed by atoms with Crippen molar-refractivity contribution in [1.82, 2.24) is 10.2 Å². The molecule has 1 N–H and O–H groups in total. The van der Waals surface area contributed by atoms with Crippen LogP contribution in [0, 0.1) is 0 Å². The molecule has 1 aliphatic heterocycles. The fraction of sp³-hybridized carbons (Fsp3) is 0.632. The molecular formula is C19H30N2O2. The van der Waals surface area contributed by atoms with Crippen LogP contribution >= 0.6 is 0 Å². The normalized spacial score (nSPS) is 20.7. The Bertz CT molecular complexity index is 504. The molecule has 0 aliphatic carbocycles. The summed E-state index contributed by atoms with van der Waals surface area (Å²) in [5, 5.41) is 3.15. The first-order valence-electron chi connectivity index (χ1n) is 8.90. The van der Waals surface area contributed by atoms with Crippen LogP contribution in [0.1, 0.15) is 57.9 Å². The van der Waals surface area contributed by atoms with Gasteiger partial charge in [0.05, 0.1) is 25.7 Å². The lowest BCUT2D eigenvalue weighted by atomic mass is 9.99. The van der Waals surface area contributed by atoms with E-state index in [-0.39, 0.29) is 18.1 Å². The van der Waals surface area contributed by atoms with Gasteiger partial charge in [0.2, 0.25) is 0 Å². The highest BCUT2D eigenvalue weighted by Gasteiger charge is 2.37. The van der Waals surface area contributed by atoms with E-state index in [1.807, 2.05) is 29.2 Å².